The van der Waals surface area contributed by atoms with Crippen molar-refractivity contribution in [1.29, 1.82) is 0 Å². The molecule has 1 heterocycles. The maximum absolute atomic E-state index is 11.8. The lowest BCUT2D eigenvalue weighted by Gasteiger charge is -2.23. The van der Waals surface area contributed by atoms with Crippen molar-refractivity contribution in [2.45, 2.75) is 46.7 Å². The summed E-state index contributed by atoms with van der Waals surface area (Å²) >= 11 is 0. The van der Waals surface area contributed by atoms with E-state index in [-0.39, 0.29) is 11.8 Å². The highest BCUT2D eigenvalue weighted by atomic mass is 16.4. The Balaban J connectivity index is 2.42. The first-order valence-corrected chi connectivity index (χ1v) is 7.34. The number of oxazole rings is 1. The lowest BCUT2D eigenvalue weighted by Crippen LogP contribution is -2.23. The molecule has 2 N–H and O–H groups in total. The molecule has 4 heteroatoms. The van der Waals surface area contributed by atoms with Crippen LogP contribution in [0.2, 0.25) is 0 Å². The fraction of sp³-hybridized carbons (Fsp3) is 0.562. The largest absolute Gasteiger partial charge is 0.419 e. The summed E-state index contributed by atoms with van der Waals surface area (Å²) in [4.78, 5) is 11.8. The van der Waals surface area contributed by atoms with E-state index in [0.29, 0.717) is 24.0 Å². The Morgan fingerprint density at radius 2 is 2.00 bits per heavy atom. The predicted molar refractivity (Wildman–Crippen MR) is 81.7 cm³/mol. The molecule has 4 nitrogen and oxygen atoms in total. The monoisotopic (exact) mass is 276 g/mol. The molecule has 2 unspecified atom stereocenters. The van der Waals surface area contributed by atoms with Crippen molar-refractivity contribution in [1.82, 2.24) is 4.57 Å². The van der Waals surface area contributed by atoms with Gasteiger partial charge in [-0.05, 0) is 36.0 Å². The second kappa shape index (κ2) is 5.83. The number of hydrogen-bond acceptors (Lipinski definition) is 3. The molecule has 0 spiro atoms. The van der Waals surface area contributed by atoms with Gasteiger partial charge in [0.25, 0.3) is 0 Å². The molecule has 2 aromatic rings. The van der Waals surface area contributed by atoms with Crippen molar-refractivity contribution in [3.05, 3.63) is 34.3 Å². The minimum absolute atomic E-state index is 0.0424. The lowest BCUT2D eigenvalue weighted by molar-refractivity contribution is 0.352. The molecular weight excluding hydrogens is 252 g/mol. The lowest BCUT2D eigenvalue weighted by atomic mass is 9.87. The third kappa shape index (κ3) is 2.66. The Morgan fingerprint density at radius 3 is 2.60 bits per heavy atom. The molecule has 0 saturated heterocycles. The topological polar surface area (TPSA) is 61.2 Å². The summed E-state index contributed by atoms with van der Waals surface area (Å²) in [6.45, 7) is 9.21. The zero-order valence-electron chi connectivity index (χ0n) is 12.7. The highest BCUT2D eigenvalue weighted by Crippen LogP contribution is 2.27. The van der Waals surface area contributed by atoms with Crippen molar-refractivity contribution < 1.29 is 4.42 Å². The minimum Gasteiger partial charge on any atom is -0.408 e. The van der Waals surface area contributed by atoms with E-state index in [1.165, 1.54) is 0 Å². The van der Waals surface area contributed by atoms with Crippen LogP contribution in [0, 0.1) is 11.8 Å². The number of nitrogens with zero attached hydrogens (tertiary/aromatic N) is 1. The minimum atomic E-state index is -0.288. The second-order valence-corrected chi connectivity index (χ2v) is 5.88. The molecule has 0 aliphatic rings. The standard InChI is InChI=1S/C16H24N2O2/c1-5-8-18-13-7-6-12(9-14(13)20-16(18)19)15(17)11(4)10(2)3/h6-7,9-11,15H,5,8,17H2,1-4H3. The zero-order chi connectivity index (χ0) is 14.9. The number of hydrogen-bond donors (Lipinski definition) is 1. The van der Waals surface area contributed by atoms with Crippen molar-refractivity contribution in [3.63, 3.8) is 0 Å². The number of fused-ring (bicyclic) bond motifs is 1. The number of benzene rings is 1. The van der Waals surface area contributed by atoms with Crippen LogP contribution in [-0.4, -0.2) is 4.57 Å². The van der Waals surface area contributed by atoms with E-state index in [9.17, 15) is 4.79 Å². The van der Waals surface area contributed by atoms with Gasteiger partial charge in [0.1, 0.15) is 0 Å². The molecule has 0 aliphatic heterocycles. The molecule has 0 fully saturated rings. The van der Waals surface area contributed by atoms with Gasteiger partial charge in [-0.2, -0.15) is 0 Å². The molecule has 0 amide bonds. The smallest absolute Gasteiger partial charge is 0.408 e. The van der Waals surface area contributed by atoms with Crippen LogP contribution in [0.5, 0.6) is 0 Å². The van der Waals surface area contributed by atoms with Gasteiger partial charge in [-0.25, -0.2) is 4.79 Å². The van der Waals surface area contributed by atoms with Gasteiger partial charge in [0.2, 0.25) is 0 Å². The van der Waals surface area contributed by atoms with Crippen LogP contribution >= 0.6 is 0 Å². The van der Waals surface area contributed by atoms with Crippen LogP contribution < -0.4 is 11.5 Å². The first kappa shape index (κ1) is 14.9. The Morgan fingerprint density at radius 1 is 1.30 bits per heavy atom. The van der Waals surface area contributed by atoms with Crippen LogP contribution in [0.4, 0.5) is 0 Å². The maximum atomic E-state index is 11.8. The Hall–Kier alpha value is -1.55. The average Bonchev–Trinajstić information content (AvgIpc) is 2.73. The van der Waals surface area contributed by atoms with E-state index in [0.717, 1.165) is 17.5 Å². The number of rotatable bonds is 5. The third-order valence-electron chi connectivity index (χ3n) is 4.14. The van der Waals surface area contributed by atoms with E-state index in [1.807, 2.05) is 25.1 Å². The molecule has 1 aromatic carbocycles. The van der Waals surface area contributed by atoms with Crippen LogP contribution in [-0.2, 0) is 6.54 Å². The third-order valence-corrected chi connectivity index (χ3v) is 4.14. The van der Waals surface area contributed by atoms with Gasteiger partial charge in [0, 0.05) is 12.6 Å². The summed E-state index contributed by atoms with van der Waals surface area (Å²) in [6, 6.07) is 5.82. The average molecular weight is 276 g/mol. The normalized spacial score (nSPS) is 14.9. The Labute approximate surface area is 119 Å². The summed E-state index contributed by atoms with van der Waals surface area (Å²) in [7, 11) is 0. The molecule has 20 heavy (non-hydrogen) atoms. The van der Waals surface area contributed by atoms with E-state index < -0.39 is 0 Å². The molecule has 110 valence electrons. The van der Waals surface area contributed by atoms with Gasteiger partial charge >= 0.3 is 5.76 Å². The summed E-state index contributed by atoms with van der Waals surface area (Å²) in [5.41, 5.74) is 8.82. The van der Waals surface area contributed by atoms with E-state index in [2.05, 4.69) is 20.8 Å². The highest BCUT2D eigenvalue weighted by molar-refractivity contribution is 5.74. The summed E-state index contributed by atoms with van der Waals surface area (Å²) in [5.74, 6) is 0.596. The number of nitrogens with two attached hydrogens (primary N) is 1. The number of aryl methyl sites for hydroxylation is 1. The van der Waals surface area contributed by atoms with Crippen LogP contribution in [0.3, 0.4) is 0 Å². The maximum Gasteiger partial charge on any atom is 0.419 e. The van der Waals surface area contributed by atoms with Crippen molar-refractivity contribution in [2.24, 2.45) is 17.6 Å². The second-order valence-electron chi connectivity index (χ2n) is 5.88. The molecule has 0 aliphatic carbocycles. The Kier molecular flexibility index (Phi) is 4.33. The fourth-order valence-corrected chi connectivity index (χ4v) is 2.44. The van der Waals surface area contributed by atoms with Crippen molar-refractivity contribution in [2.75, 3.05) is 0 Å². The molecule has 2 atom stereocenters. The zero-order valence-corrected chi connectivity index (χ0v) is 12.7. The Bertz CT molecular complexity index is 639. The van der Waals surface area contributed by atoms with Crippen LogP contribution in [0.15, 0.2) is 27.4 Å². The first-order chi connectivity index (χ1) is 9.45. The van der Waals surface area contributed by atoms with Gasteiger partial charge in [0.05, 0.1) is 5.52 Å². The van der Waals surface area contributed by atoms with Crippen LogP contribution in [0.25, 0.3) is 11.1 Å². The molecule has 1 aromatic heterocycles. The highest BCUT2D eigenvalue weighted by Gasteiger charge is 2.19. The SMILES string of the molecule is CCCn1c(=O)oc2cc(C(N)C(C)C(C)C)ccc21. The molecule has 2 rings (SSSR count). The van der Waals surface area contributed by atoms with Crippen molar-refractivity contribution in [3.8, 4) is 0 Å². The van der Waals surface area contributed by atoms with Gasteiger partial charge < -0.3 is 10.2 Å². The first-order valence-electron chi connectivity index (χ1n) is 7.34. The van der Waals surface area contributed by atoms with Crippen LogP contribution in [0.1, 0.15) is 45.7 Å². The molecule has 0 bridgehead atoms. The molecule has 0 saturated carbocycles. The van der Waals surface area contributed by atoms with E-state index in [4.69, 9.17) is 10.2 Å². The quantitative estimate of drug-likeness (QED) is 0.911. The molecular formula is C16H24N2O2. The fourth-order valence-electron chi connectivity index (χ4n) is 2.44. The van der Waals surface area contributed by atoms with Gasteiger partial charge in [-0.3, -0.25) is 4.57 Å². The summed E-state index contributed by atoms with van der Waals surface area (Å²) in [5, 5.41) is 0. The summed E-state index contributed by atoms with van der Waals surface area (Å²) < 4.78 is 7.01. The van der Waals surface area contributed by atoms with Gasteiger partial charge in [0.15, 0.2) is 5.58 Å². The van der Waals surface area contributed by atoms with Crippen molar-refractivity contribution >= 4 is 11.1 Å². The predicted octanol–water partition coefficient (Wildman–Crippen LogP) is 3.30. The van der Waals surface area contributed by atoms with E-state index in [1.54, 1.807) is 4.57 Å². The van der Waals surface area contributed by atoms with Gasteiger partial charge in [-0.1, -0.05) is 33.8 Å². The molecule has 0 radical (unpaired) electrons. The number of aromatic nitrogens is 1. The summed E-state index contributed by atoms with van der Waals surface area (Å²) in [6.07, 6.45) is 0.903. The van der Waals surface area contributed by atoms with E-state index >= 15 is 0 Å². The van der Waals surface area contributed by atoms with Gasteiger partial charge in [-0.15, -0.1) is 0 Å².